The average Bonchev–Trinajstić information content (AvgIpc) is 2.81. The zero-order valence-electron chi connectivity index (χ0n) is 11.1. The molecule has 102 valence electrons. The molecule has 2 aromatic rings. The Kier molecular flexibility index (Phi) is 5.18. The van der Waals surface area contributed by atoms with Gasteiger partial charge in [0.15, 0.2) is 0 Å². The Morgan fingerprint density at radius 3 is 2.84 bits per heavy atom. The second-order valence-corrected chi connectivity index (χ2v) is 4.89. The van der Waals surface area contributed by atoms with Crippen molar-refractivity contribution < 1.29 is 4.74 Å². The monoisotopic (exact) mass is 277 g/mol. The van der Waals surface area contributed by atoms with Gasteiger partial charge in [0, 0.05) is 19.8 Å². The molecule has 0 atom stereocenters. The molecule has 4 nitrogen and oxygen atoms in total. The van der Waals surface area contributed by atoms with E-state index in [0.717, 1.165) is 42.3 Å². The number of nitrogen functional groups attached to an aromatic ring is 1. The van der Waals surface area contributed by atoms with E-state index in [0.29, 0.717) is 5.82 Å². The van der Waals surface area contributed by atoms with Crippen molar-refractivity contribution in [3.63, 3.8) is 0 Å². The lowest BCUT2D eigenvalue weighted by Crippen LogP contribution is -2.05. The highest BCUT2D eigenvalue weighted by Gasteiger charge is 2.12. The molecule has 0 spiro atoms. The number of hydrogen-bond acceptors (Lipinski definition) is 5. The molecule has 0 fully saturated rings. The van der Waals surface area contributed by atoms with Gasteiger partial charge >= 0.3 is 0 Å². The van der Waals surface area contributed by atoms with Gasteiger partial charge in [-0.2, -0.15) is 4.37 Å². The van der Waals surface area contributed by atoms with Crippen LogP contribution in [-0.2, 0) is 4.74 Å². The van der Waals surface area contributed by atoms with Crippen molar-refractivity contribution >= 4 is 22.4 Å². The maximum absolute atomic E-state index is 5.96. The normalized spacial score (nSPS) is 10.6. The third kappa shape index (κ3) is 3.68. The van der Waals surface area contributed by atoms with Crippen LogP contribution in [0.4, 0.5) is 10.8 Å². The molecule has 0 aliphatic carbocycles. The minimum atomic E-state index is 0.587. The second kappa shape index (κ2) is 7.11. The van der Waals surface area contributed by atoms with Gasteiger partial charge in [0.2, 0.25) is 0 Å². The Morgan fingerprint density at radius 2 is 2.11 bits per heavy atom. The van der Waals surface area contributed by atoms with Crippen LogP contribution in [0.5, 0.6) is 0 Å². The summed E-state index contributed by atoms with van der Waals surface area (Å²) in [7, 11) is 0. The van der Waals surface area contributed by atoms with E-state index in [1.54, 1.807) is 0 Å². The number of aromatic nitrogens is 1. The Bertz CT molecular complexity index is 499. The summed E-state index contributed by atoms with van der Waals surface area (Å²) in [6, 6.07) is 10.1. The van der Waals surface area contributed by atoms with Gasteiger partial charge in [-0.1, -0.05) is 30.3 Å². The standard InChI is InChI=1S/C14H19N3OS/c1-2-18-10-6-9-16-14-12(13(15)17-19-14)11-7-4-3-5-8-11/h3-5,7-8,16H,2,6,9-10H2,1H3,(H2,15,17). The molecule has 0 saturated carbocycles. The summed E-state index contributed by atoms with van der Waals surface area (Å²) in [6.07, 6.45) is 0.972. The molecule has 0 amide bonds. The van der Waals surface area contributed by atoms with E-state index in [2.05, 4.69) is 9.69 Å². The average molecular weight is 277 g/mol. The highest BCUT2D eigenvalue weighted by molar-refractivity contribution is 7.11. The molecule has 2 rings (SSSR count). The molecule has 1 aromatic carbocycles. The van der Waals surface area contributed by atoms with Crippen molar-refractivity contribution in [3.8, 4) is 11.1 Å². The number of ether oxygens (including phenoxy) is 1. The van der Waals surface area contributed by atoms with Crippen LogP contribution in [0.25, 0.3) is 11.1 Å². The van der Waals surface area contributed by atoms with E-state index >= 15 is 0 Å². The molecule has 3 N–H and O–H groups in total. The maximum Gasteiger partial charge on any atom is 0.147 e. The van der Waals surface area contributed by atoms with Crippen LogP contribution in [0.1, 0.15) is 13.3 Å². The van der Waals surface area contributed by atoms with Gasteiger partial charge in [0.1, 0.15) is 10.8 Å². The minimum absolute atomic E-state index is 0.587. The number of anilines is 2. The van der Waals surface area contributed by atoms with Gasteiger partial charge in [-0.15, -0.1) is 0 Å². The fourth-order valence-corrected chi connectivity index (χ4v) is 2.59. The van der Waals surface area contributed by atoms with Crippen LogP contribution in [0.15, 0.2) is 30.3 Å². The molecule has 0 saturated heterocycles. The molecule has 0 aliphatic rings. The Morgan fingerprint density at radius 1 is 1.32 bits per heavy atom. The zero-order valence-corrected chi connectivity index (χ0v) is 11.9. The molecule has 1 heterocycles. The first-order valence-corrected chi connectivity index (χ1v) is 7.22. The van der Waals surface area contributed by atoms with Crippen molar-refractivity contribution in [2.24, 2.45) is 0 Å². The van der Waals surface area contributed by atoms with E-state index in [4.69, 9.17) is 10.5 Å². The summed E-state index contributed by atoms with van der Waals surface area (Å²) in [4.78, 5) is 0. The van der Waals surface area contributed by atoms with Gasteiger partial charge in [0.25, 0.3) is 0 Å². The van der Waals surface area contributed by atoms with Gasteiger partial charge < -0.3 is 15.8 Å². The summed E-state index contributed by atoms with van der Waals surface area (Å²) in [5.74, 6) is 0.587. The summed E-state index contributed by atoms with van der Waals surface area (Å²) in [5.41, 5.74) is 8.06. The zero-order chi connectivity index (χ0) is 13.5. The third-order valence-corrected chi connectivity index (χ3v) is 3.56. The summed E-state index contributed by atoms with van der Waals surface area (Å²) in [5, 5.41) is 4.42. The van der Waals surface area contributed by atoms with Crippen molar-refractivity contribution in [2.75, 3.05) is 30.8 Å². The van der Waals surface area contributed by atoms with E-state index in [1.165, 1.54) is 11.5 Å². The predicted octanol–water partition coefficient (Wildman–Crippen LogP) is 3.23. The summed E-state index contributed by atoms with van der Waals surface area (Å²) >= 11 is 1.41. The first-order valence-electron chi connectivity index (χ1n) is 6.45. The Balaban J connectivity index is 2.02. The highest BCUT2D eigenvalue weighted by atomic mass is 32.1. The third-order valence-electron chi connectivity index (χ3n) is 2.74. The number of hydrogen-bond donors (Lipinski definition) is 2. The van der Waals surface area contributed by atoms with Crippen LogP contribution in [0.2, 0.25) is 0 Å². The quantitative estimate of drug-likeness (QED) is 0.763. The molecule has 5 heteroatoms. The largest absolute Gasteiger partial charge is 0.382 e. The van der Waals surface area contributed by atoms with E-state index in [1.807, 2.05) is 37.3 Å². The minimum Gasteiger partial charge on any atom is -0.382 e. The van der Waals surface area contributed by atoms with Crippen LogP contribution in [-0.4, -0.2) is 24.1 Å². The molecule has 19 heavy (non-hydrogen) atoms. The molecule has 0 unspecified atom stereocenters. The fourth-order valence-electron chi connectivity index (χ4n) is 1.83. The molecule has 0 aliphatic heterocycles. The van der Waals surface area contributed by atoms with Crippen LogP contribution < -0.4 is 11.1 Å². The number of rotatable bonds is 7. The molecule has 0 radical (unpaired) electrons. The van der Waals surface area contributed by atoms with Gasteiger partial charge in [-0.25, -0.2) is 0 Å². The van der Waals surface area contributed by atoms with Crippen molar-refractivity contribution in [2.45, 2.75) is 13.3 Å². The van der Waals surface area contributed by atoms with Gasteiger partial charge in [-0.3, -0.25) is 0 Å². The first kappa shape index (κ1) is 13.8. The molecule has 1 aromatic heterocycles. The number of nitrogens with one attached hydrogen (secondary N) is 1. The van der Waals surface area contributed by atoms with E-state index in [9.17, 15) is 0 Å². The first-order chi connectivity index (χ1) is 9.33. The lowest BCUT2D eigenvalue weighted by atomic mass is 10.1. The fraction of sp³-hybridized carbons (Fsp3) is 0.357. The van der Waals surface area contributed by atoms with E-state index in [-0.39, 0.29) is 0 Å². The van der Waals surface area contributed by atoms with Crippen LogP contribution in [0.3, 0.4) is 0 Å². The molecule has 0 bridgehead atoms. The molecular formula is C14H19N3OS. The summed E-state index contributed by atoms with van der Waals surface area (Å²) < 4.78 is 9.55. The number of nitrogens with zero attached hydrogens (tertiary/aromatic N) is 1. The highest BCUT2D eigenvalue weighted by Crippen LogP contribution is 2.36. The lowest BCUT2D eigenvalue weighted by Gasteiger charge is -2.07. The second-order valence-electron chi connectivity index (χ2n) is 4.12. The smallest absolute Gasteiger partial charge is 0.147 e. The maximum atomic E-state index is 5.96. The Hall–Kier alpha value is -1.59. The topological polar surface area (TPSA) is 60.2 Å². The van der Waals surface area contributed by atoms with Crippen molar-refractivity contribution in [3.05, 3.63) is 30.3 Å². The SMILES string of the molecule is CCOCCCNc1snc(N)c1-c1ccccc1. The number of nitrogens with two attached hydrogens (primary N) is 1. The Labute approximate surface area is 117 Å². The van der Waals surface area contributed by atoms with Crippen LogP contribution >= 0.6 is 11.5 Å². The number of benzene rings is 1. The van der Waals surface area contributed by atoms with Crippen molar-refractivity contribution in [1.29, 1.82) is 0 Å². The van der Waals surface area contributed by atoms with E-state index < -0.39 is 0 Å². The molecular weight excluding hydrogens is 258 g/mol. The van der Waals surface area contributed by atoms with Gasteiger partial charge in [-0.05, 0) is 30.4 Å². The van der Waals surface area contributed by atoms with Gasteiger partial charge in [0.05, 0.1) is 5.56 Å². The van der Waals surface area contributed by atoms with Crippen molar-refractivity contribution in [1.82, 2.24) is 4.37 Å². The van der Waals surface area contributed by atoms with Crippen LogP contribution in [0, 0.1) is 0 Å². The predicted molar refractivity (Wildman–Crippen MR) is 81.6 cm³/mol. The summed E-state index contributed by atoms with van der Waals surface area (Å²) in [6.45, 7) is 4.41. The lowest BCUT2D eigenvalue weighted by molar-refractivity contribution is 0.147.